The third kappa shape index (κ3) is 6.51. The minimum atomic E-state index is -0.511. The van der Waals surface area contributed by atoms with E-state index in [1.807, 2.05) is 6.08 Å². The van der Waals surface area contributed by atoms with Crippen molar-refractivity contribution in [2.24, 2.45) is 9.98 Å². The highest BCUT2D eigenvalue weighted by atomic mass is 15.1. The average molecular weight is 839 g/mol. The number of hydrogen-bond acceptors (Lipinski definition) is 3. The monoisotopic (exact) mass is 838 g/mol. The van der Waals surface area contributed by atoms with E-state index in [1.54, 1.807) is 0 Å². The molecule has 8 aromatic rings. The van der Waals surface area contributed by atoms with Crippen molar-refractivity contribution in [3.8, 4) is 5.69 Å². The number of nitrogens with zero attached hydrogens (tertiary/aromatic N) is 3. The zero-order chi connectivity index (χ0) is 44.0. The first-order valence-electron chi connectivity index (χ1n) is 22.8. The molecule has 0 radical (unpaired) electrons. The van der Waals surface area contributed by atoms with Gasteiger partial charge in [-0.25, -0.2) is 9.98 Å². The van der Waals surface area contributed by atoms with Crippen molar-refractivity contribution in [1.82, 2.24) is 9.88 Å². The number of allylic oxidation sites excluding steroid dienone is 8. The summed E-state index contributed by atoms with van der Waals surface area (Å²) < 4.78 is 2.43. The molecule has 0 atom stereocenters. The fraction of sp³-hybridized carbons (Fsp3) is 0.115. The van der Waals surface area contributed by atoms with Crippen molar-refractivity contribution < 1.29 is 0 Å². The van der Waals surface area contributed by atoms with Gasteiger partial charge in [-0.3, -0.25) is 0 Å². The average Bonchev–Trinajstić information content (AvgIpc) is 3.78. The van der Waals surface area contributed by atoms with E-state index < -0.39 is 5.41 Å². The maximum Gasteiger partial charge on any atom is 0.151 e. The molecule has 314 valence electrons. The normalized spacial score (nSPS) is 15.7. The molecule has 2 heterocycles. The number of amidine groups is 2. The van der Waals surface area contributed by atoms with Crippen LogP contribution in [-0.2, 0) is 10.8 Å². The zero-order valence-electron chi connectivity index (χ0n) is 36.9. The molecule has 2 aliphatic carbocycles. The third-order valence-corrected chi connectivity index (χ3v) is 14.1. The van der Waals surface area contributed by atoms with Crippen LogP contribution in [0.5, 0.6) is 0 Å². The minimum absolute atomic E-state index is 0.170. The van der Waals surface area contributed by atoms with Gasteiger partial charge in [0, 0.05) is 27.4 Å². The predicted molar refractivity (Wildman–Crippen MR) is 272 cm³/mol. The first-order valence-corrected chi connectivity index (χ1v) is 22.8. The minimum Gasteiger partial charge on any atom is -0.350 e. The molecule has 4 nitrogen and oxygen atoms in total. The SMILES string of the molecule is C=C1C=CC(/C=C/C2=NCNC(c3ccc(C(c4ccccc4)(c4ccccc4)c4ccccc4)cc3)=N2)=CC2=C1c1ccc(-n3c4ccccc4c4ccccc43)cc1C2(CC)CC. The molecule has 11 rings (SSSR count). The quantitative estimate of drug-likeness (QED) is 0.137. The van der Waals surface area contributed by atoms with Gasteiger partial charge in [-0.15, -0.1) is 0 Å². The molecule has 1 aliphatic heterocycles. The highest BCUT2D eigenvalue weighted by molar-refractivity contribution is 6.11. The lowest BCUT2D eigenvalue weighted by atomic mass is 9.65. The molecule has 0 spiro atoms. The molecule has 0 saturated carbocycles. The van der Waals surface area contributed by atoms with Crippen LogP contribution in [0.1, 0.15) is 65.6 Å². The second-order valence-corrected chi connectivity index (χ2v) is 17.3. The summed E-state index contributed by atoms with van der Waals surface area (Å²) in [6, 6.07) is 65.9. The Labute approximate surface area is 381 Å². The van der Waals surface area contributed by atoms with Crippen molar-refractivity contribution >= 4 is 39.1 Å². The lowest BCUT2D eigenvalue weighted by molar-refractivity contribution is 0.486. The Morgan fingerprint density at radius 1 is 0.631 bits per heavy atom. The number of aromatic nitrogens is 1. The first-order chi connectivity index (χ1) is 32.0. The van der Waals surface area contributed by atoms with Gasteiger partial charge in [0.2, 0.25) is 0 Å². The lowest BCUT2D eigenvalue weighted by Gasteiger charge is -2.37. The standard InChI is InChI=1S/C61H50N4/c1-4-60(5-2)53-40-49(65-55-27-17-15-25-50(55)51-26-16-18-28-56(51)65)36-37-52(53)58-42(3)29-30-43(39-54(58)60)31-38-57-62-41-63-59(64-57)44-32-34-48(35-33-44)61(45-19-9-6-10-20-45,46-21-11-7-12-22-46)47-23-13-8-14-24-47/h6-40H,3-5,41H2,1-2H3,(H,62,63,64)/b38-31+. The van der Waals surface area contributed by atoms with E-state index in [-0.39, 0.29) is 5.41 Å². The summed E-state index contributed by atoms with van der Waals surface area (Å²) in [5, 5.41) is 5.99. The van der Waals surface area contributed by atoms with Crippen LogP contribution in [0.3, 0.4) is 0 Å². The van der Waals surface area contributed by atoms with Gasteiger partial charge in [0.05, 0.1) is 16.4 Å². The molecule has 7 aromatic carbocycles. The summed E-state index contributed by atoms with van der Waals surface area (Å²) in [6.45, 7) is 9.75. The van der Waals surface area contributed by atoms with Gasteiger partial charge >= 0.3 is 0 Å². The second kappa shape index (κ2) is 16.4. The molecule has 0 bridgehead atoms. The Morgan fingerprint density at radius 3 is 1.77 bits per heavy atom. The van der Waals surface area contributed by atoms with E-state index in [0.29, 0.717) is 12.5 Å². The maximum absolute atomic E-state index is 5.06. The van der Waals surface area contributed by atoms with E-state index >= 15 is 0 Å². The molecule has 65 heavy (non-hydrogen) atoms. The van der Waals surface area contributed by atoms with E-state index in [4.69, 9.17) is 9.98 Å². The Bertz CT molecular complexity index is 3170. The number of rotatable bonds is 10. The number of para-hydroxylation sites is 2. The Kier molecular flexibility index (Phi) is 10.1. The molecule has 3 aliphatic rings. The van der Waals surface area contributed by atoms with Crippen LogP contribution in [0.4, 0.5) is 0 Å². The van der Waals surface area contributed by atoms with E-state index in [0.717, 1.165) is 35.4 Å². The maximum atomic E-state index is 5.06. The van der Waals surface area contributed by atoms with Crippen LogP contribution in [0.15, 0.2) is 246 Å². The first kappa shape index (κ1) is 40.0. The topological polar surface area (TPSA) is 41.7 Å². The van der Waals surface area contributed by atoms with Crippen LogP contribution < -0.4 is 5.32 Å². The van der Waals surface area contributed by atoms with E-state index in [2.05, 4.69) is 237 Å². The van der Waals surface area contributed by atoms with Gasteiger partial charge in [0.25, 0.3) is 0 Å². The molecule has 1 aromatic heterocycles. The van der Waals surface area contributed by atoms with Gasteiger partial charge in [-0.05, 0) is 98.9 Å². The molecule has 1 N–H and O–H groups in total. The van der Waals surface area contributed by atoms with Crippen LogP contribution in [-0.4, -0.2) is 22.9 Å². The zero-order valence-corrected chi connectivity index (χ0v) is 36.9. The molecule has 4 heteroatoms. The highest BCUT2D eigenvalue weighted by Gasteiger charge is 2.43. The summed E-state index contributed by atoms with van der Waals surface area (Å²) in [4.78, 5) is 9.85. The van der Waals surface area contributed by atoms with Crippen molar-refractivity contribution in [2.75, 3.05) is 6.67 Å². The van der Waals surface area contributed by atoms with Gasteiger partial charge in [-0.1, -0.05) is 202 Å². The summed E-state index contributed by atoms with van der Waals surface area (Å²) in [5.74, 6) is 1.49. The molecule has 0 saturated heterocycles. The van der Waals surface area contributed by atoms with Crippen molar-refractivity contribution in [2.45, 2.75) is 37.5 Å². The van der Waals surface area contributed by atoms with Crippen molar-refractivity contribution in [3.05, 3.63) is 275 Å². The molecule has 0 amide bonds. The van der Waals surface area contributed by atoms with Gasteiger partial charge in [0.15, 0.2) is 5.84 Å². The summed E-state index contributed by atoms with van der Waals surface area (Å²) in [5.41, 5.74) is 16.2. The van der Waals surface area contributed by atoms with Crippen molar-refractivity contribution in [1.29, 1.82) is 0 Å². The van der Waals surface area contributed by atoms with Crippen molar-refractivity contribution in [3.63, 3.8) is 0 Å². The third-order valence-electron chi connectivity index (χ3n) is 14.1. The van der Waals surface area contributed by atoms with Crippen LogP contribution in [0.25, 0.3) is 33.1 Å². The lowest BCUT2D eigenvalue weighted by Crippen LogP contribution is -2.32. The predicted octanol–water partition coefficient (Wildman–Crippen LogP) is 14.0. The van der Waals surface area contributed by atoms with E-state index in [9.17, 15) is 0 Å². The molecular weight excluding hydrogens is 789 g/mol. The number of aliphatic imine (C=N–C) groups is 2. The summed E-state index contributed by atoms with van der Waals surface area (Å²) in [7, 11) is 0. The fourth-order valence-electron chi connectivity index (χ4n) is 10.9. The fourth-order valence-corrected chi connectivity index (χ4v) is 10.9. The molecular formula is C61H50N4. The van der Waals surface area contributed by atoms with Crippen LogP contribution in [0, 0.1) is 0 Å². The molecule has 0 unspecified atom stereocenters. The van der Waals surface area contributed by atoms with E-state index in [1.165, 1.54) is 72.0 Å². The molecule has 0 fully saturated rings. The number of hydrogen-bond donors (Lipinski definition) is 1. The van der Waals surface area contributed by atoms with Gasteiger partial charge in [-0.2, -0.15) is 0 Å². The Morgan fingerprint density at radius 2 is 1.18 bits per heavy atom. The Hall–Kier alpha value is -7.82. The largest absolute Gasteiger partial charge is 0.350 e. The summed E-state index contributed by atoms with van der Waals surface area (Å²) in [6.07, 6.45) is 12.9. The number of nitrogens with one attached hydrogen (secondary N) is 1. The van der Waals surface area contributed by atoms with Crippen LogP contribution in [0.2, 0.25) is 0 Å². The van der Waals surface area contributed by atoms with Gasteiger partial charge in [0.1, 0.15) is 12.5 Å². The van der Waals surface area contributed by atoms with Crippen LogP contribution >= 0.6 is 0 Å². The smallest absolute Gasteiger partial charge is 0.151 e. The highest BCUT2D eigenvalue weighted by Crippen LogP contribution is 2.55. The number of benzene rings is 7. The summed E-state index contributed by atoms with van der Waals surface area (Å²) >= 11 is 0. The Balaban J connectivity index is 0.920. The number of fused-ring (bicyclic) bond motifs is 5. The van der Waals surface area contributed by atoms with Gasteiger partial charge < -0.3 is 9.88 Å². The second-order valence-electron chi connectivity index (χ2n) is 17.3.